The van der Waals surface area contributed by atoms with Gasteiger partial charge < -0.3 is 9.64 Å². The van der Waals surface area contributed by atoms with E-state index in [2.05, 4.69) is 36.2 Å². The molecular formula is C15H23NO. The molecule has 1 fully saturated rings. The molecule has 1 aromatic rings. The molecule has 94 valence electrons. The average Bonchev–Trinajstić information content (AvgIpc) is 2.38. The van der Waals surface area contributed by atoms with E-state index >= 15 is 0 Å². The minimum Gasteiger partial charge on any atom is -0.497 e. The van der Waals surface area contributed by atoms with E-state index in [4.69, 9.17) is 4.74 Å². The topological polar surface area (TPSA) is 12.5 Å². The number of ether oxygens (including phenoxy) is 1. The van der Waals surface area contributed by atoms with Gasteiger partial charge in [-0.1, -0.05) is 18.6 Å². The van der Waals surface area contributed by atoms with E-state index in [0.717, 1.165) is 11.8 Å². The Hall–Kier alpha value is -1.02. The summed E-state index contributed by atoms with van der Waals surface area (Å²) in [6.07, 6.45) is 6.60. The van der Waals surface area contributed by atoms with Gasteiger partial charge in [-0.15, -0.1) is 0 Å². The summed E-state index contributed by atoms with van der Waals surface area (Å²) in [5.74, 6) is 0.948. The summed E-state index contributed by atoms with van der Waals surface area (Å²) in [6.45, 7) is 1.27. The third kappa shape index (κ3) is 3.47. The molecule has 0 aromatic heterocycles. The molecule has 1 aliphatic heterocycles. The van der Waals surface area contributed by atoms with Crippen LogP contribution in [0.25, 0.3) is 0 Å². The Morgan fingerprint density at radius 1 is 1.24 bits per heavy atom. The van der Waals surface area contributed by atoms with Crippen molar-refractivity contribution >= 4 is 0 Å². The third-order valence-corrected chi connectivity index (χ3v) is 3.85. The molecule has 0 saturated carbocycles. The number of aryl methyl sites for hydroxylation is 1. The zero-order chi connectivity index (χ0) is 12.1. The molecule has 0 spiro atoms. The quantitative estimate of drug-likeness (QED) is 0.792. The Morgan fingerprint density at radius 2 is 2.00 bits per heavy atom. The molecule has 17 heavy (non-hydrogen) atoms. The van der Waals surface area contributed by atoms with Gasteiger partial charge in [0.1, 0.15) is 5.75 Å². The first kappa shape index (κ1) is 12.4. The lowest BCUT2D eigenvalue weighted by Crippen LogP contribution is -2.36. The van der Waals surface area contributed by atoms with Crippen LogP contribution in [0.5, 0.6) is 5.75 Å². The van der Waals surface area contributed by atoms with Crippen LogP contribution in [0.3, 0.4) is 0 Å². The molecule has 2 rings (SSSR count). The second-order valence-electron chi connectivity index (χ2n) is 5.02. The number of nitrogens with zero attached hydrogens (tertiary/aromatic N) is 1. The number of benzene rings is 1. The molecule has 1 heterocycles. The fourth-order valence-corrected chi connectivity index (χ4v) is 2.63. The lowest BCUT2D eigenvalue weighted by atomic mass is 9.96. The highest BCUT2D eigenvalue weighted by atomic mass is 16.5. The van der Waals surface area contributed by atoms with Gasteiger partial charge in [0.05, 0.1) is 7.11 Å². The lowest BCUT2D eigenvalue weighted by molar-refractivity contribution is 0.176. The van der Waals surface area contributed by atoms with Crippen molar-refractivity contribution in [1.82, 2.24) is 4.90 Å². The first-order valence-electron chi connectivity index (χ1n) is 6.63. The van der Waals surface area contributed by atoms with Gasteiger partial charge in [0, 0.05) is 6.04 Å². The van der Waals surface area contributed by atoms with Crippen molar-refractivity contribution in [3.05, 3.63) is 29.8 Å². The van der Waals surface area contributed by atoms with Gasteiger partial charge in [-0.2, -0.15) is 0 Å². The van der Waals surface area contributed by atoms with Gasteiger partial charge in [-0.05, 0) is 57.0 Å². The molecular weight excluding hydrogens is 210 g/mol. The van der Waals surface area contributed by atoms with E-state index in [1.54, 1.807) is 7.11 Å². The van der Waals surface area contributed by atoms with Crippen molar-refractivity contribution in [3.63, 3.8) is 0 Å². The summed E-state index contributed by atoms with van der Waals surface area (Å²) in [5.41, 5.74) is 1.42. The predicted molar refractivity (Wildman–Crippen MR) is 71.6 cm³/mol. The van der Waals surface area contributed by atoms with E-state index in [-0.39, 0.29) is 0 Å². The second-order valence-corrected chi connectivity index (χ2v) is 5.02. The molecule has 1 unspecified atom stereocenters. The molecule has 0 aliphatic carbocycles. The molecule has 2 heteroatoms. The molecule has 2 nitrogen and oxygen atoms in total. The summed E-state index contributed by atoms with van der Waals surface area (Å²) >= 11 is 0. The summed E-state index contributed by atoms with van der Waals surface area (Å²) in [4.78, 5) is 2.52. The molecule has 0 bridgehead atoms. The number of rotatable bonds is 4. The Labute approximate surface area is 105 Å². The number of hydrogen-bond acceptors (Lipinski definition) is 2. The predicted octanol–water partition coefficient (Wildman–Crippen LogP) is 3.11. The van der Waals surface area contributed by atoms with Crippen LogP contribution >= 0.6 is 0 Å². The smallest absolute Gasteiger partial charge is 0.118 e. The number of piperidine rings is 1. The molecule has 1 aromatic carbocycles. The third-order valence-electron chi connectivity index (χ3n) is 3.85. The zero-order valence-corrected chi connectivity index (χ0v) is 11.0. The monoisotopic (exact) mass is 233 g/mol. The van der Waals surface area contributed by atoms with Crippen LogP contribution in [0, 0.1) is 0 Å². The second kappa shape index (κ2) is 6.06. The van der Waals surface area contributed by atoms with Gasteiger partial charge in [0.2, 0.25) is 0 Å². The van der Waals surface area contributed by atoms with Crippen LogP contribution in [-0.4, -0.2) is 31.6 Å². The van der Waals surface area contributed by atoms with Gasteiger partial charge in [0.25, 0.3) is 0 Å². The van der Waals surface area contributed by atoms with Gasteiger partial charge in [0.15, 0.2) is 0 Å². The molecule has 1 atom stereocenters. The highest BCUT2D eigenvalue weighted by molar-refractivity contribution is 5.27. The summed E-state index contributed by atoms with van der Waals surface area (Å²) in [6, 6.07) is 9.26. The van der Waals surface area contributed by atoms with Crippen molar-refractivity contribution in [2.24, 2.45) is 0 Å². The van der Waals surface area contributed by atoms with Crippen LogP contribution < -0.4 is 4.74 Å². The van der Waals surface area contributed by atoms with Crippen LogP contribution in [-0.2, 0) is 6.42 Å². The van der Waals surface area contributed by atoms with E-state index in [1.165, 1.54) is 44.2 Å². The Bertz CT molecular complexity index is 333. The molecule has 0 amide bonds. The standard InChI is InChI=1S/C15H23NO/c1-16-12-4-3-5-14(16)9-6-13-7-10-15(17-2)11-8-13/h7-8,10-11,14H,3-6,9,12H2,1-2H3. The number of hydrogen-bond donors (Lipinski definition) is 0. The van der Waals surface area contributed by atoms with Crippen LogP contribution in [0.15, 0.2) is 24.3 Å². The summed E-state index contributed by atoms with van der Waals surface area (Å²) < 4.78 is 5.17. The van der Waals surface area contributed by atoms with Crippen molar-refractivity contribution in [3.8, 4) is 5.75 Å². The maximum atomic E-state index is 5.17. The normalized spacial score (nSPS) is 21.4. The fourth-order valence-electron chi connectivity index (χ4n) is 2.63. The maximum Gasteiger partial charge on any atom is 0.118 e. The minimum atomic E-state index is 0.783. The molecule has 1 aliphatic rings. The Morgan fingerprint density at radius 3 is 2.65 bits per heavy atom. The highest BCUT2D eigenvalue weighted by Crippen LogP contribution is 2.20. The SMILES string of the molecule is COc1ccc(CCC2CCCCN2C)cc1. The molecule has 0 radical (unpaired) electrons. The van der Waals surface area contributed by atoms with Crippen molar-refractivity contribution in [2.75, 3.05) is 20.7 Å². The zero-order valence-electron chi connectivity index (χ0n) is 11.0. The van der Waals surface area contributed by atoms with Crippen molar-refractivity contribution in [1.29, 1.82) is 0 Å². The van der Waals surface area contributed by atoms with Crippen LogP contribution in [0.4, 0.5) is 0 Å². The van der Waals surface area contributed by atoms with E-state index in [0.29, 0.717) is 0 Å². The van der Waals surface area contributed by atoms with Crippen LogP contribution in [0.2, 0.25) is 0 Å². The lowest BCUT2D eigenvalue weighted by Gasteiger charge is -2.32. The van der Waals surface area contributed by atoms with E-state index in [9.17, 15) is 0 Å². The summed E-state index contributed by atoms with van der Waals surface area (Å²) in [7, 11) is 3.98. The van der Waals surface area contributed by atoms with Gasteiger partial charge >= 0.3 is 0 Å². The first-order valence-corrected chi connectivity index (χ1v) is 6.63. The van der Waals surface area contributed by atoms with Crippen LogP contribution in [0.1, 0.15) is 31.2 Å². The van der Waals surface area contributed by atoms with E-state index in [1.807, 2.05) is 0 Å². The van der Waals surface area contributed by atoms with Crippen molar-refractivity contribution in [2.45, 2.75) is 38.1 Å². The minimum absolute atomic E-state index is 0.783. The van der Waals surface area contributed by atoms with Gasteiger partial charge in [-0.3, -0.25) is 0 Å². The Balaban J connectivity index is 1.84. The average molecular weight is 233 g/mol. The van der Waals surface area contributed by atoms with Gasteiger partial charge in [-0.25, -0.2) is 0 Å². The Kier molecular flexibility index (Phi) is 4.43. The summed E-state index contributed by atoms with van der Waals surface area (Å²) in [5, 5.41) is 0. The number of methoxy groups -OCH3 is 1. The van der Waals surface area contributed by atoms with E-state index < -0.39 is 0 Å². The van der Waals surface area contributed by atoms with Crippen molar-refractivity contribution < 1.29 is 4.74 Å². The number of likely N-dealkylation sites (tertiary alicyclic amines) is 1. The first-order chi connectivity index (χ1) is 8.29. The molecule has 0 N–H and O–H groups in total. The molecule has 1 saturated heterocycles. The maximum absolute atomic E-state index is 5.17. The highest BCUT2D eigenvalue weighted by Gasteiger charge is 2.18. The largest absolute Gasteiger partial charge is 0.497 e. The fraction of sp³-hybridized carbons (Fsp3) is 0.600.